The molecule has 1 aliphatic heterocycles. The van der Waals surface area contributed by atoms with Crippen LogP contribution in [0.2, 0.25) is 0 Å². The topological polar surface area (TPSA) is 41.1 Å². The van der Waals surface area contributed by atoms with Gasteiger partial charge in [0.15, 0.2) is 5.78 Å². The molecule has 0 radical (unpaired) electrons. The Morgan fingerprint density at radius 2 is 2.50 bits per heavy atom. The van der Waals surface area contributed by atoms with Gasteiger partial charge in [-0.15, -0.1) is 0 Å². The Kier molecular flexibility index (Phi) is 1.64. The lowest BCUT2D eigenvalue weighted by molar-refractivity contribution is -0.114. The number of carbonyl (C=O) groups is 1. The van der Waals surface area contributed by atoms with Gasteiger partial charge < -0.3 is 5.43 Å². The summed E-state index contributed by atoms with van der Waals surface area (Å²) in [5, 5.41) is 0. The van der Waals surface area contributed by atoms with Crippen molar-refractivity contribution in [3.8, 4) is 0 Å². The van der Waals surface area contributed by atoms with Crippen LogP contribution in [0, 0.1) is 0 Å². The molecule has 0 fully saturated rings. The number of ketones is 1. The Morgan fingerprint density at radius 1 is 1.62 bits per heavy atom. The minimum absolute atomic E-state index is 0.169. The highest BCUT2D eigenvalue weighted by atomic mass is 16.1. The van der Waals surface area contributed by atoms with Crippen LogP contribution in [-0.4, -0.2) is 12.3 Å². The summed E-state index contributed by atoms with van der Waals surface area (Å²) in [6.07, 6.45) is 3.72. The van der Waals surface area contributed by atoms with Gasteiger partial charge in [0, 0.05) is 19.2 Å². The zero-order valence-corrected chi connectivity index (χ0v) is 4.48. The number of hydrazine groups is 1. The molecule has 44 valence electrons. The lowest BCUT2D eigenvalue weighted by Crippen LogP contribution is -2.26. The van der Waals surface area contributed by atoms with Gasteiger partial charge in [-0.3, -0.25) is 4.79 Å². The molecule has 1 heterocycles. The van der Waals surface area contributed by atoms with Crippen molar-refractivity contribution >= 4 is 5.78 Å². The molecule has 0 spiro atoms. The zero-order chi connectivity index (χ0) is 5.82. The molecule has 1 aliphatic rings. The van der Waals surface area contributed by atoms with Gasteiger partial charge in [0.05, 0.1) is 0 Å². The third-order valence-electron chi connectivity index (χ3n) is 0.951. The molecule has 8 heavy (non-hydrogen) atoms. The van der Waals surface area contributed by atoms with Crippen molar-refractivity contribution in [3.63, 3.8) is 0 Å². The quantitative estimate of drug-likeness (QED) is 0.446. The smallest absolute Gasteiger partial charge is 0.158 e. The fraction of sp³-hybridized carbons (Fsp3) is 0.400. The van der Waals surface area contributed by atoms with Crippen LogP contribution >= 0.6 is 0 Å². The first-order valence-corrected chi connectivity index (χ1v) is 2.57. The summed E-state index contributed by atoms with van der Waals surface area (Å²) < 4.78 is 0. The van der Waals surface area contributed by atoms with E-state index in [1.807, 2.05) is 0 Å². The van der Waals surface area contributed by atoms with Gasteiger partial charge in [-0.25, -0.2) is 5.43 Å². The van der Waals surface area contributed by atoms with E-state index in [1.54, 1.807) is 6.20 Å². The second-order valence-corrected chi connectivity index (χ2v) is 1.62. The van der Waals surface area contributed by atoms with Crippen molar-refractivity contribution in [1.29, 1.82) is 0 Å². The van der Waals surface area contributed by atoms with E-state index in [9.17, 15) is 4.79 Å². The summed E-state index contributed by atoms with van der Waals surface area (Å²) in [4.78, 5) is 10.5. The number of hydrogen-bond acceptors (Lipinski definition) is 3. The van der Waals surface area contributed by atoms with Crippen LogP contribution in [0.15, 0.2) is 12.3 Å². The Balaban J connectivity index is 2.44. The van der Waals surface area contributed by atoms with Gasteiger partial charge in [0.25, 0.3) is 0 Å². The van der Waals surface area contributed by atoms with Gasteiger partial charge in [-0.1, -0.05) is 0 Å². The van der Waals surface area contributed by atoms with Crippen molar-refractivity contribution in [2.75, 3.05) is 6.54 Å². The van der Waals surface area contributed by atoms with Gasteiger partial charge in [0.2, 0.25) is 0 Å². The second kappa shape index (κ2) is 2.47. The largest absolute Gasteiger partial charge is 0.329 e. The molecular weight excluding hydrogens is 104 g/mol. The van der Waals surface area contributed by atoms with E-state index < -0.39 is 0 Å². The first-order valence-electron chi connectivity index (χ1n) is 2.57. The maximum absolute atomic E-state index is 10.5. The molecule has 0 saturated heterocycles. The lowest BCUT2D eigenvalue weighted by atomic mass is 10.3. The highest BCUT2D eigenvalue weighted by Gasteiger charge is 1.96. The van der Waals surface area contributed by atoms with E-state index >= 15 is 0 Å². The van der Waals surface area contributed by atoms with E-state index in [1.165, 1.54) is 6.08 Å². The molecule has 0 saturated carbocycles. The molecule has 0 amide bonds. The predicted octanol–water partition coefficient (Wildman–Crippen LogP) is -0.433. The fourth-order valence-electron chi connectivity index (χ4n) is 0.535. The molecule has 0 aliphatic carbocycles. The molecule has 0 aromatic heterocycles. The summed E-state index contributed by atoms with van der Waals surface area (Å²) in [5.74, 6) is 0.169. The van der Waals surface area contributed by atoms with Gasteiger partial charge >= 0.3 is 0 Å². The number of hydrogen-bond donors (Lipinski definition) is 2. The van der Waals surface area contributed by atoms with Crippen molar-refractivity contribution in [3.05, 3.63) is 12.3 Å². The van der Waals surface area contributed by atoms with Crippen LogP contribution in [0.5, 0.6) is 0 Å². The van der Waals surface area contributed by atoms with Crippen molar-refractivity contribution < 1.29 is 4.79 Å². The van der Waals surface area contributed by atoms with Crippen LogP contribution in [0.3, 0.4) is 0 Å². The minimum atomic E-state index is 0.169. The molecule has 0 unspecified atom stereocenters. The molecule has 0 bridgehead atoms. The third-order valence-corrected chi connectivity index (χ3v) is 0.951. The number of rotatable bonds is 0. The van der Waals surface area contributed by atoms with E-state index in [0.29, 0.717) is 13.0 Å². The van der Waals surface area contributed by atoms with Crippen molar-refractivity contribution in [2.45, 2.75) is 6.42 Å². The molecule has 2 N–H and O–H groups in total. The Hall–Kier alpha value is -0.830. The van der Waals surface area contributed by atoms with Crippen LogP contribution in [0.4, 0.5) is 0 Å². The Bertz CT molecular complexity index is 120. The molecule has 0 aromatic rings. The fourth-order valence-corrected chi connectivity index (χ4v) is 0.535. The standard InChI is InChI=1S/C5H8N2O/c8-5-1-3-6-7-4-2-5/h1,3,6-7H,2,4H2. The van der Waals surface area contributed by atoms with Gasteiger partial charge in [0.1, 0.15) is 0 Å². The summed E-state index contributed by atoms with van der Waals surface area (Å²) >= 11 is 0. The molecule has 3 heteroatoms. The Morgan fingerprint density at radius 3 is 3.38 bits per heavy atom. The van der Waals surface area contributed by atoms with Crippen molar-refractivity contribution in [1.82, 2.24) is 10.9 Å². The molecule has 1 rings (SSSR count). The van der Waals surface area contributed by atoms with E-state index in [4.69, 9.17) is 0 Å². The average Bonchev–Trinajstić information content (AvgIpc) is 1.94. The summed E-state index contributed by atoms with van der Waals surface area (Å²) in [6, 6.07) is 0. The molecule has 3 nitrogen and oxygen atoms in total. The number of allylic oxidation sites excluding steroid dienone is 1. The number of nitrogens with one attached hydrogen (secondary N) is 2. The lowest BCUT2D eigenvalue weighted by Gasteiger charge is -1.94. The van der Waals surface area contributed by atoms with Gasteiger partial charge in [-0.2, -0.15) is 0 Å². The summed E-state index contributed by atoms with van der Waals surface area (Å²) in [6.45, 7) is 0.714. The van der Waals surface area contributed by atoms with Crippen LogP contribution < -0.4 is 10.9 Å². The predicted molar refractivity (Wildman–Crippen MR) is 29.9 cm³/mol. The first-order chi connectivity index (χ1) is 3.89. The van der Waals surface area contributed by atoms with Crippen LogP contribution in [0.25, 0.3) is 0 Å². The molecular formula is C5H8N2O. The van der Waals surface area contributed by atoms with E-state index in [-0.39, 0.29) is 5.78 Å². The Labute approximate surface area is 47.7 Å². The SMILES string of the molecule is O=C1C=CNNCC1. The third kappa shape index (κ3) is 1.35. The van der Waals surface area contributed by atoms with Gasteiger partial charge in [-0.05, 0) is 6.08 Å². The summed E-state index contributed by atoms with van der Waals surface area (Å²) in [7, 11) is 0. The number of carbonyl (C=O) groups excluding carboxylic acids is 1. The van der Waals surface area contributed by atoms with E-state index in [0.717, 1.165) is 0 Å². The second-order valence-electron chi connectivity index (χ2n) is 1.62. The maximum atomic E-state index is 10.5. The molecule has 0 atom stereocenters. The normalized spacial score (nSPS) is 19.8. The minimum Gasteiger partial charge on any atom is -0.329 e. The zero-order valence-electron chi connectivity index (χ0n) is 4.48. The highest BCUT2D eigenvalue weighted by molar-refractivity contribution is 5.89. The monoisotopic (exact) mass is 112 g/mol. The average molecular weight is 112 g/mol. The maximum Gasteiger partial charge on any atom is 0.158 e. The molecule has 0 aromatic carbocycles. The highest BCUT2D eigenvalue weighted by Crippen LogP contribution is 1.84. The van der Waals surface area contributed by atoms with Crippen LogP contribution in [0.1, 0.15) is 6.42 Å². The summed E-state index contributed by atoms with van der Waals surface area (Å²) in [5.41, 5.74) is 5.55. The van der Waals surface area contributed by atoms with Crippen molar-refractivity contribution in [2.24, 2.45) is 0 Å². The first kappa shape index (κ1) is 5.31. The van der Waals surface area contributed by atoms with E-state index in [2.05, 4.69) is 10.9 Å². The van der Waals surface area contributed by atoms with Crippen LogP contribution in [-0.2, 0) is 4.79 Å².